The number of imide groups is 1. The first kappa shape index (κ1) is 13.7. The summed E-state index contributed by atoms with van der Waals surface area (Å²) in [6, 6.07) is 9.85. The summed E-state index contributed by atoms with van der Waals surface area (Å²) in [7, 11) is 1.60. The van der Waals surface area contributed by atoms with Gasteiger partial charge in [-0.25, -0.2) is 0 Å². The van der Waals surface area contributed by atoms with E-state index in [4.69, 9.17) is 4.74 Å². The minimum absolute atomic E-state index is 0.195. The van der Waals surface area contributed by atoms with Gasteiger partial charge in [0.2, 0.25) is 11.8 Å². The lowest BCUT2D eigenvalue weighted by Crippen LogP contribution is -2.53. The molecule has 0 radical (unpaired) electrons. The number of ether oxygens (including phenoxy) is 1. The van der Waals surface area contributed by atoms with Gasteiger partial charge in [-0.15, -0.1) is 0 Å². The molecule has 1 aliphatic rings. The minimum Gasteiger partial charge on any atom is -0.384 e. The third-order valence-corrected chi connectivity index (χ3v) is 3.74. The molecule has 0 aliphatic carbocycles. The second-order valence-electron chi connectivity index (χ2n) is 5.42. The summed E-state index contributed by atoms with van der Waals surface area (Å²) in [6.45, 7) is 2.35. The third kappa shape index (κ3) is 3.01. The fourth-order valence-corrected chi connectivity index (χ4v) is 2.75. The van der Waals surface area contributed by atoms with Gasteiger partial charge < -0.3 is 4.74 Å². The van der Waals surface area contributed by atoms with Crippen molar-refractivity contribution in [3.63, 3.8) is 0 Å². The molecule has 1 saturated heterocycles. The minimum atomic E-state index is -0.440. The molecular formula is C15H19NO3. The van der Waals surface area contributed by atoms with Crippen molar-refractivity contribution in [3.8, 4) is 0 Å². The van der Waals surface area contributed by atoms with Crippen molar-refractivity contribution in [3.05, 3.63) is 35.9 Å². The van der Waals surface area contributed by atoms with Crippen molar-refractivity contribution >= 4 is 11.8 Å². The highest BCUT2D eigenvalue weighted by molar-refractivity contribution is 5.99. The molecule has 1 aromatic rings. The van der Waals surface area contributed by atoms with Gasteiger partial charge in [0.15, 0.2) is 0 Å². The highest BCUT2D eigenvalue weighted by Crippen LogP contribution is 2.37. The molecule has 1 fully saturated rings. The number of amides is 2. The Labute approximate surface area is 113 Å². The summed E-state index contributed by atoms with van der Waals surface area (Å²) in [5, 5.41) is 2.43. The highest BCUT2D eigenvalue weighted by Gasteiger charge is 2.45. The molecule has 1 heterocycles. The topological polar surface area (TPSA) is 55.4 Å². The summed E-state index contributed by atoms with van der Waals surface area (Å²) >= 11 is 0. The first-order chi connectivity index (χ1) is 9.05. The van der Waals surface area contributed by atoms with Gasteiger partial charge >= 0.3 is 0 Å². The predicted molar refractivity (Wildman–Crippen MR) is 71.4 cm³/mol. The number of benzene rings is 1. The van der Waals surface area contributed by atoms with Crippen molar-refractivity contribution in [2.45, 2.75) is 19.8 Å². The molecule has 4 heteroatoms. The Bertz CT molecular complexity index is 472. The zero-order chi connectivity index (χ0) is 13.9. The van der Waals surface area contributed by atoms with E-state index in [-0.39, 0.29) is 17.7 Å². The molecule has 2 atom stereocenters. The van der Waals surface area contributed by atoms with Gasteiger partial charge in [0.1, 0.15) is 0 Å². The fraction of sp³-hybridized carbons (Fsp3) is 0.467. The largest absolute Gasteiger partial charge is 0.384 e. The first-order valence-corrected chi connectivity index (χ1v) is 6.42. The van der Waals surface area contributed by atoms with Crippen LogP contribution in [0.5, 0.6) is 0 Å². The average Bonchev–Trinajstić information content (AvgIpc) is 2.35. The molecule has 1 aromatic carbocycles. The SMILES string of the molecule is COCC1(C)CC(=O)NC(=O)C1Cc1ccccc1. The summed E-state index contributed by atoms with van der Waals surface area (Å²) in [5.41, 5.74) is 0.656. The van der Waals surface area contributed by atoms with Crippen LogP contribution in [0.15, 0.2) is 30.3 Å². The van der Waals surface area contributed by atoms with Crippen molar-refractivity contribution in [2.75, 3.05) is 13.7 Å². The number of carbonyl (C=O) groups is 2. The maximum atomic E-state index is 12.1. The molecule has 2 unspecified atom stereocenters. The Hall–Kier alpha value is -1.68. The van der Waals surface area contributed by atoms with Crippen LogP contribution in [-0.2, 0) is 20.7 Å². The number of rotatable bonds is 4. The molecular weight excluding hydrogens is 242 g/mol. The van der Waals surface area contributed by atoms with E-state index in [2.05, 4.69) is 5.32 Å². The molecule has 0 spiro atoms. The molecule has 1 N–H and O–H groups in total. The summed E-state index contributed by atoms with van der Waals surface area (Å²) in [4.78, 5) is 23.7. The van der Waals surface area contributed by atoms with Gasteiger partial charge in [0.25, 0.3) is 0 Å². The summed E-state index contributed by atoms with van der Waals surface area (Å²) in [6.07, 6.45) is 0.948. The fourth-order valence-electron chi connectivity index (χ4n) is 2.75. The van der Waals surface area contributed by atoms with Crippen LogP contribution < -0.4 is 5.32 Å². The standard InChI is InChI=1S/C15H19NO3/c1-15(10-19-2)9-13(17)16-14(18)12(15)8-11-6-4-3-5-7-11/h3-7,12H,8-10H2,1-2H3,(H,16,17,18). The van der Waals surface area contributed by atoms with E-state index < -0.39 is 5.41 Å². The van der Waals surface area contributed by atoms with Gasteiger partial charge in [0, 0.05) is 18.9 Å². The average molecular weight is 261 g/mol. The van der Waals surface area contributed by atoms with Gasteiger partial charge in [0.05, 0.1) is 12.5 Å². The predicted octanol–water partition coefficient (Wildman–Crippen LogP) is 1.54. The maximum Gasteiger partial charge on any atom is 0.230 e. The van der Waals surface area contributed by atoms with Crippen molar-refractivity contribution in [2.24, 2.45) is 11.3 Å². The third-order valence-electron chi connectivity index (χ3n) is 3.74. The number of methoxy groups -OCH3 is 1. The lowest BCUT2D eigenvalue weighted by Gasteiger charge is -2.39. The van der Waals surface area contributed by atoms with Crippen LogP contribution in [0.3, 0.4) is 0 Å². The van der Waals surface area contributed by atoms with E-state index in [0.717, 1.165) is 5.56 Å². The summed E-state index contributed by atoms with van der Waals surface area (Å²) < 4.78 is 5.22. The zero-order valence-electron chi connectivity index (χ0n) is 11.3. The van der Waals surface area contributed by atoms with Gasteiger partial charge in [-0.3, -0.25) is 14.9 Å². The quantitative estimate of drug-likeness (QED) is 0.837. The normalized spacial score (nSPS) is 27.2. The van der Waals surface area contributed by atoms with E-state index in [1.807, 2.05) is 37.3 Å². The lowest BCUT2D eigenvalue weighted by molar-refractivity contribution is -0.145. The number of piperidine rings is 1. The maximum absolute atomic E-state index is 12.1. The van der Waals surface area contributed by atoms with Gasteiger partial charge in [-0.2, -0.15) is 0 Å². The van der Waals surface area contributed by atoms with Crippen molar-refractivity contribution in [1.82, 2.24) is 5.32 Å². The Morgan fingerprint density at radius 3 is 2.63 bits per heavy atom. The van der Waals surface area contributed by atoms with Crippen LogP contribution in [0.25, 0.3) is 0 Å². The van der Waals surface area contributed by atoms with Crippen molar-refractivity contribution in [1.29, 1.82) is 0 Å². The van der Waals surface area contributed by atoms with Gasteiger partial charge in [-0.1, -0.05) is 37.3 Å². The summed E-state index contributed by atoms with van der Waals surface area (Å²) in [5.74, 6) is -0.652. The molecule has 0 saturated carbocycles. The number of carbonyl (C=O) groups excluding carboxylic acids is 2. The molecule has 1 aliphatic heterocycles. The van der Waals surface area contributed by atoms with Crippen LogP contribution in [0.4, 0.5) is 0 Å². The van der Waals surface area contributed by atoms with E-state index in [9.17, 15) is 9.59 Å². The Morgan fingerprint density at radius 1 is 1.32 bits per heavy atom. The van der Waals surface area contributed by atoms with E-state index >= 15 is 0 Å². The second-order valence-corrected chi connectivity index (χ2v) is 5.42. The molecule has 4 nitrogen and oxygen atoms in total. The van der Waals surface area contributed by atoms with E-state index in [1.165, 1.54) is 0 Å². The van der Waals surface area contributed by atoms with Crippen LogP contribution in [0, 0.1) is 11.3 Å². The van der Waals surface area contributed by atoms with Crippen molar-refractivity contribution < 1.29 is 14.3 Å². The number of nitrogens with one attached hydrogen (secondary N) is 1. The Balaban J connectivity index is 2.23. The second kappa shape index (κ2) is 5.53. The molecule has 0 bridgehead atoms. The van der Waals surface area contributed by atoms with E-state index in [0.29, 0.717) is 19.4 Å². The van der Waals surface area contributed by atoms with Crippen LogP contribution in [0.2, 0.25) is 0 Å². The zero-order valence-corrected chi connectivity index (χ0v) is 11.3. The molecule has 102 valence electrons. The van der Waals surface area contributed by atoms with Crippen LogP contribution in [-0.4, -0.2) is 25.5 Å². The molecule has 2 rings (SSSR count). The molecule has 19 heavy (non-hydrogen) atoms. The van der Waals surface area contributed by atoms with E-state index in [1.54, 1.807) is 7.11 Å². The number of hydrogen-bond acceptors (Lipinski definition) is 3. The highest BCUT2D eigenvalue weighted by atomic mass is 16.5. The van der Waals surface area contributed by atoms with Gasteiger partial charge in [-0.05, 0) is 12.0 Å². The Morgan fingerprint density at radius 2 is 2.00 bits per heavy atom. The Kier molecular flexibility index (Phi) is 4.00. The first-order valence-electron chi connectivity index (χ1n) is 6.42. The molecule has 2 amide bonds. The number of hydrogen-bond donors (Lipinski definition) is 1. The molecule has 0 aromatic heterocycles. The van der Waals surface area contributed by atoms with Crippen LogP contribution in [0.1, 0.15) is 18.9 Å². The lowest BCUT2D eigenvalue weighted by atomic mass is 9.69. The smallest absolute Gasteiger partial charge is 0.230 e. The monoisotopic (exact) mass is 261 g/mol. The van der Waals surface area contributed by atoms with Crippen LogP contribution >= 0.6 is 0 Å².